The lowest BCUT2D eigenvalue weighted by Gasteiger charge is -2.30. The third kappa shape index (κ3) is 2.18. The Morgan fingerprint density at radius 2 is 1.95 bits per heavy atom. The lowest BCUT2D eigenvalue weighted by molar-refractivity contribution is 0.0911. The maximum absolute atomic E-state index is 12.3. The molecular weight excluding hydrogens is 270 g/mol. The van der Waals surface area contributed by atoms with Gasteiger partial charge in [-0.3, -0.25) is 4.79 Å². The molecule has 3 heteroatoms. The molecule has 0 unspecified atom stereocenters. The van der Waals surface area contributed by atoms with Crippen molar-refractivity contribution in [2.75, 3.05) is 0 Å². The van der Waals surface area contributed by atoms with Gasteiger partial charge >= 0.3 is 0 Å². The smallest absolute Gasteiger partial charge is 0.165 e. The van der Waals surface area contributed by atoms with E-state index in [2.05, 4.69) is 18.4 Å². The van der Waals surface area contributed by atoms with Crippen molar-refractivity contribution < 1.29 is 4.79 Å². The number of carbonyl (C=O) groups is 1. The van der Waals surface area contributed by atoms with Crippen LogP contribution in [-0.4, -0.2) is 10.4 Å². The standard InChI is InChI=1S/C17H18ClNO/c1-11-8-12(18)4-5-14(11)19-7-6-13-15(19)9-17(2,3)10-16(13)20/h4-8H,9-10H2,1-3H3. The molecule has 0 saturated carbocycles. The van der Waals surface area contributed by atoms with E-state index in [0.717, 1.165) is 34.0 Å². The number of hydrogen-bond donors (Lipinski definition) is 0. The molecule has 104 valence electrons. The average Bonchev–Trinajstić information content (AvgIpc) is 2.71. The molecule has 0 atom stereocenters. The highest BCUT2D eigenvalue weighted by molar-refractivity contribution is 6.30. The number of aryl methyl sites for hydroxylation is 1. The number of benzene rings is 1. The van der Waals surface area contributed by atoms with Crippen molar-refractivity contribution in [1.29, 1.82) is 0 Å². The number of carbonyl (C=O) groups excluding carboxylic acids is 1. The quantitative estimate of drug-likeness (QED) is 0.751. The van der Waals surface area contributed by atoms with E-state index < -0.39 is 0 Å². The number of nitrogens with zero attached hydrogens (tertiary/aromatic N) is 1. The first-order chi connectivity index (χ1) is 9.37. The fourth-order valence-electron chi connectivity index (χ4n) is 3.06. The molecule has 2 nitrogen and oxygen atoms in total. The van der Waals surface area contributed by atoms with Crippen molar-refractivity contribution in [3.63, 3.8) is 0 Å². The molecule has 1 aromatic heterocycles. The van der Waals surface area contributed by atoms with Crippen molar-refractivity contribution >= 4 is 17.4 Å². The SMILES string of the molecule is Cc1cc(Cl)ccc1-n1ccc2c1CC(C)(C)CC2=O. The first-order valence-corrected chi connectivity index (χ1v) is 7.25. The van der Waals surface area contributed by atoms with Crippen LogP contribution in [-0.2, 0) is 6.42 Å². The van der Waals surface area contributed by atoms with Crippen LogP contribution >= 0.6 is 11.6 Å². The van der Waals surface area contributed by atoms with Crippen LogP contribution < -0.4 is 0 Å². The minimum atomic E-state index is 0.0283. The minimum Gasteiger partial charge on any atom is -0.320 e. The number of ketones is 1. The van der Waals surface area contributed by atoms with Crippen molar-refractivity contribution in [2.24, 2.45) is 5.41 Å². The molecule has 1 aliphatic carbocycles. The number of rotatable bonds is 1. The lowest BCUT2D eigenvalue weighted by atomic mass is 9.76. The average molecular weight is 288 g/mol. The molecule has 1 aliphatic rings. The first kappa shape index (κ1) is 13.4. The fourth-order valence-corrected chi connectivity index (χ4v) is 3.29. The van der Waals surface area contributed by atoms with Crippen LogP contribution in [0.5, 0.6) is 0 Å². The molecule has 1 aromatic carbocycles. The molecule has 1 heterocycles. The Bertz CT molecular complexity index is 697. The van der Waals surface area contributed by atoms with E-state index in [1.54, 1.807) is 0 Å². The van der Waals surface area contributed by atoms with E-state index in [4.69, 9.17) is 11.6 Å². The summed E-state index contributed by atoms with van der Waals surface area (Å²) >= 11 is 6.03. The Kier molecular flexibility index (Phi) is 3.02. The van der Waals surface area contributed by atoms with Gasteiger partial charge in [-0.2, -0.15) is 0 Å². The Labute approximate surface area is 124 Å². The second-order valence-corrected chi connectivity index (χ2v) is 6.85. The summed E-state index contributed by atoms with van der Waals surface area (Å²) in [5, 5.41) is 0.740. The zero-order valence-electron chi connectivity index (χ0n) is 12.0. The summed E-state index contributed by atoms with van der Waals surface area (Å²) in [6.45, 7) is 6.35. The number of aromatic nitrogens is 1. The van der Waals surface area contributed by atoms with Gasteiger partial charge in [0.15, 0.2) is 5.78 Å². The van der Waals surface area contributed by atoms with Crippen LogP contribution in [0, 0.1) is 12.3 Å². The van der Waals surface area contributed by atoms with E-state index in [1.807, 2.05) is 37.4 Å². The topological polar surface area (TPSA) is 22.0 Å². The summed E-state index contributed by atoms with van der Waals surface area (Å²) in [4.78, 5) is 12.3. The number of fused-ring (bicyclic) bond motifs is 1. The summed E-state index contributed by atoms with van der Waals surface area (Å²) in [5.41, 5.74) is 4.24. The lowest BCUT2D eigenvalue weighted by Crippen LogP contribution is -2.27. The molecule has 0 N–H and O–H groups in total. The normalized spacial score (nSPS) is 17.1. The maximum Gasteiger partial charge on any atom is 0.165 e. The molecule has 0 saturated heterocycles. The first-order valence-electron chi connectivity index (χ1n) is 6.87. The second kappa shape index (κ2) is 4.49. The highest BCUT2D eigenvalue weighted by Crippen LogP contribution is 2.36. The monoisotopic (exact) mass is 287 g/mol. The third-order valence-corrected chi connectivity index (χ3v) is 4.23. The number of hydrogen-bond acceptors (Lipinski definition) is 1. The summed E-state index contributed by atoms with van der Waals surface area (Å²) in [6.07, 6.45) is 3.55. The second-order valence-electron chi connectivity index (χ2n) is 6.42. The Morgan fingerprint density at radius 1 is 1.20 bits per heavy atom. The molecule has 0 spiro atoms. The molecule has 0 amide bonds. The van der Waals surface area contributed by atoms with Crippen LogP contribution in [0.1, 0.15) is 41.9 Å². The van der Waals surface area contributed by atoms with Gasteiger partial charge in [0.25, 0.3) is 0 Å². The minimum absolute atomic E-state index is 0.0283. The molecular formula is C17H18ClNO. The van der Waals surface area contributed by atoms with E-state index in [-0.39, 0.29) is 11.2 Å². The highest BCUT2D eigenvalue weighted by atomic mass is 35.5. The number of halogens is 1. The van der Waals surface area contributed by atoms with E-state index in [1.165, 1.54) is 0 Å². The molecule has 0 bridgehead atoms. The van der Waals surface area contributed by atoms with Gasteiger partial charge in [-0.1, -0.05) is 25.4 Å². The van der Waals surface area contributed by atoms with Gasteiger partial charge in [0.2, 0.25) is 0 Å². The fraction of sp³-hybridized carbons (Fsp3) is 0.353. The molecule has 0 radical (unpaired) electrons. The van der Waals surface area contributed by atoms with E-state index in [9.17, 15) is 4.79 Å². The Morgan fingerprint density at radius 3 is 2.65 bits per heavy atom. The van der Waals surface area contributed by atoms with Crippen molar-refractivity contribution in [3.8, 4) is 5.69 Å². The maximum atomic E-state index is 12.3. The van der Waals surface area contributed by atoms with Gasteiger partial charge in [0, 0.05) is 34.6 Å². The van der Waals surface area contributed by atoms with Crippen LogP contribution in [0.3, 0.4) is 0 Å². The van der Waals surface area contributed by atoms with Crippen molar-refractivity contribution in [2.45, 2.75) is 33.6 Å². The molecule has 20 heavy (non-hydrogen) atoms. The Balaban J connectivity index is 2.16. The van der Waals surface area contributed by atoms with Crippen LogP contribution in [0.2, 0.25) is 5.02 Å². The summed E-state index contributed by atoms with van der Waals surface area (Å²) in [6, 6.07) is 7.82. The van der Waals surface area contributed by atoms with Crippen LogP contribution in [0.4, 0.5) is 0 Å². The molecule has 0 aliphatic heterocycles. The summed E-state index contributed by atoms with van der Waals surface area (Å²) in [5.74, 6) is 0.251. The molecule has 0 fully saturated rings. The van der Waals surface area contributed by atoms with Gasteiger partial charge in [0.1, 0.15) is 0 Å². The summed E-state index contributed by atoms with van der Waals surface area (Å²) < 4.78 is 2.14. The molecule has 3 rings (SSSR count). The van der Waals surface area contributed by atoms with Crippen LogP contribution in [0.15, 0.2) is 30.5 Å². The third-order valence-electron chi connectivity index (χ3n) is 4.00. The van der Waals surface area contributed by atoms with Gasteiger partial charge in [-0.25, -0.2) is 0 Å². The van der Waals surface area contributed by atoms with Crippen molar-refractivity contribution in [1.82, 2.24) is 4.57 Å². The zero-order chi connectivity index (χ0) is 14.5. The molecule has 2 aromatic rings. The Hall–Kier alpha value is -1.54. The van der Waals surface area contributed by atoms with Gasteiger partial charge in [-0.15, -0.1) is 0 Å². The predicted molar refractivity (Wildman–Crippen MR) is 81.9 cm³/mol. The highest BCUT2D eigenvalue weighted by Gasteiger charge is 2.33. The predicted octanol–water partition coefficient (Wildman–Crippen LogP) is 4.59. The van der Waals surface area contributed by atoms with Gasteiger partial charge in [0.05, 0.1) is 0 Å². The summed E-state index contributed by atoms with van der Waals surface area (Å²) in [7, 11) is 0. The largest absolute Gasteiger partial charge is 0.320 e. The van der Waals surface area contributed by atoms with Gasteiger partial charge < -0.3 is 4.57 Å². The van der Waals surface area contributed by atoms with E-state index >= 15 is 0 Å². The zero-order valence-corrected chi connectivity index (χ0v) is 12.8. The van der Waals surface area contributed by atoms with Gasteiger partial charge in [-0.05, 0) is 48.6 Å². The van der Waals surface area contributed by atoms with E-state index in [0.29, 0.717) is 6.42 Å². The van der Waals surface area contributed by atoms with Crippen molar-refractivity contribution in [3.05, 3.63) is 52.3 Å². The number of Topliss-reactive ketones (excluding diaryl/α,β-unsaturated/α-hetero) is 1. The van der Waals surface area contributed by atoms with Crippen LogP contribution in [0.25, 0.3) is 5.69 Å².